The minimum Gasteiger partial charge on any atom is -0.497 e. The molecule has 0 spiro atoms. The summed E-state index contributed by atoms with van der Waals surface area (Å²) in [5.74, 6) is 1.12. The predicted octanol–water partition coefficient (Wildman–Crippen LogP) is 3.25. The van der Waals surface area contributed by atoms with Gasteiger partial charge in [-0.3, -0.25) is 4.79 Å². The van der Waals surface area contributed by atoms with Crippen LogP contribution in [0.4, 0.5) is 16.2 Å². The third kappa shape index (κ3) is 4.19. The zero-order chi connectivity index (χ0) is 20.3. The van der Waals surface area contributed by atoms with Crippen molar-refractivity contribution in [2.75, 3.05) is 31.0 Å². The highest BCUT2D eigenvalue weighted by molar-refractivity contribution is 5.98. The van der Waals surface area contributed by atoms with Crippen LogP contribution in [0.5, 0.6) is 11.5 Å². The molecule has 148 valence electrons. The van der Waals surface area contributed by atoms with Crippen LogP contribution in [0.15, 0.2) is 36.4 Å². The SMILES string of the molecule is COc1ccc(NC(=O)N[C@H]2CC(=O)N(c3ccc(C)c(C)c3)C2)c(OC)c1. The maximum Gasteiger partial charge on any atom is 0.319 e. The molecular weight excluding hydrogens is 358 g/mol. The molecule has 2 N–H and O–H groups in total. The van der Waals surface area contributed by atoms with Crippen molar-refractivity contribution in [2.24, 2.45) is 0 Å². The Morgan fingerprint density at radius 1 is 1.07 bits per heavy atom. The predicted molar refractivity (Wildman–Crippen MR) is 108 cm³/mol. The zero-order valence-corrected chi connectivity index (χ0v) is 16.5. The molecule has 2 aromatic carbocycles. The summed E-state index contributed by atoms with van der Waals surface area (Å²) in [7, 11) is 3.09. The Morgan fingerprint density at radius 2 is 1.86 bits per heavy atom. The number of rotatable bonds is 5. The lowest BCUT2D eigenvalue weighted by atomic mass is 10.1. The molecule has 0 saturated carbocycles. The second-order valence-electron chi connectivity index (χ2n) is 6.84. The van der Waals surface area contributed by atoms with Crippen molar-refractivity contribution in [3.8, 4) is 11.5 Å². The highest BCUT2D eigenvalue weighted by atomic mass is 16.5. The molecule has 1 aliphatic heterocycles. The first kappa shape index (κ1) is 19.5. The Hall–Kier alpha value is -3.22. The molecule has 1 saturated heterocycles. The first-order valence-corrected chi connectivity index (χ1v) is 9.08. The maximum absolute atomic E-state index is 12.4. The number of amides is 3. The molecule has 28 heavy (non-hydrogen) atoms. The Bertz CT molecular complexity index is 897. The fraction of sp³-hybridized carbons (Fsp3) is 0.333. The summed E-state index contributed by atoms with van der Waals surface area (Å²) in [6.45, 7) is 4.49. The topological polar surface area (TPSA) is 79.9 Å². The normalized spacial score (nSPS) is 16.1. The van der Waals surface area contributed by atoms with Crippen molar-refractivity contribution in [3.05, 3.63) is 47.5 Å². The molecule has 1 aliphatic rings. The average Bonchev–Trinajstić information content (AvgIpc) is 3.04. The number of methoxy groups -OCH3 is 2. The van der Waals surface area contributed by atoms with E-state index in [0.29, 0.717) is 23.7 Å². The molecule has 7 heteroatoms. The summed E-state index contributed by atoms with van der Waals surface area (Å²) in [5, 5.41) is 5.63. The Balaban J connectivity index is 1.64. The van der Waals surface area contributed by atoms with Crippen LogP contribution >= 0.6 is 0 Å². The van der Waals surface area contributed by atoms with Crippen LogP contribution in [0, 0.1) is 13.8 Å². The van der Waals surface area contributed by atoms with Gasteiger partial charge < -0.3 is 25.0 Å². The number of ether oxygens (including phenoxy) is 2. The zero-order valence-electron chi connectivity index (χ0n) is 16.5. The van der Waals surface area contributed by atoms with Gasteiger partial charge in [0.25, 0.3) is 0 Å². The van der Waals surface area contributed by atoms with Crippen LogP contribution < -0.4 is 25.0 Å². The second-order valence-corrected chi connectivity index (χ2v) is 6.84. The lowest BCUT2D eigenvalue weighted by Crippen LogP contribution is -2.39. The summed E-state index contributed by atoms with van der Waals surface area (Å²) in [5.41, 5.74) is 3.69. The monoisotopic (exact) mass is 383 g/mol. The summed E-state index contributed by atoms with van der Waals surface area (Å²) in [6.07, 6.45) is 0.264. The van der Waals surface area contributed by atoms with Gasteiger partial charge in [-0.1, -0.05) is 6.07 Å². The molecule has 1 atom stereocenters. The van der Waals surface area contributed by atoms with Gasteiger partial charge in [-0.2, -0.15) is 0 Å². The molecule has 2 aromatic rings. The number of nitrogens with zero attached hydrogens (tertiary/aromatic N) is 1. The fourth-order valence-electron chi connectivity index (χ4n) is 3.19. The van der Waals surface area contributed by atoms with E-state index in [1.54, 1.807) is 30.2 Å². The molecule has 1 fully saturated rings. The quantitative estimate of drug-likeness (QED) is 0.831. The van der Waals surface area contributed by atoms with Gasteiger partial charge in [-0.05, 0) is 49.2 Å². The van der Waals surface area contributed by atoms with Crippen molar-refractivity contribution < 1.29 is 19.1 Å². The number of nitrogens with one attached hydrogen (secondary N) is 2. The molecule has 0 aliphatic carbocycles. The van der Waals surface area contributed by atoms with Crippen molar-refractivity contribution in [2.45, 2.75) is 26.3 Å². The number of anilines is 2. The molecule has 3 rings (SSSR count). The van der Waals surface area contributed by atoms with E-state index in [9.17, 15) is 9.59 Å². The number of hydrogen-bond acceptors (Lipinski definition) is 4. The number of aryl methyl sites for hydroxylation is 2. The fourth-order valence-corrected chi connectivity index (χ4v) is 3.19. The van der Waals surface area contributed by atoms with Gasteiger partial charge in [0, 0.05) is 24.7 Å². The minimum absolute atomic E-state index is 0.00409. The lowest BCUT2D eigenvalue weighted by Gasteiger charge is -2.19. The summed E-state index contributed by atoms with van der Waals surface area (Å²) in [4.78, 5) is 26.5. The molecule has 7 nitrogen and oxygen atoms in total. The molecule has 3 amide bonds. The number of benzene rings is 2. The lowest BCUT2D eigenvalue weighted by molar-refractivity contribution is -0.117. The molecule has 0 bridgehead atoms. The van der Waals surface area contributed by atoms with Gasteiger partial charge in [0.2, 0.25) is 5.91 Å². The molecular formula is C21H25N3O4. The van der Waals surface area contributed by atoms with E-state index in [-0.39, 0.29) is 24.4 Å². The maximum atomic E-state index is 12.4. The van der Waals surface area contributed by atoms with E-state index >= 15 is 0 Å². The van der Waals surface area contributed by atoms with Crippen LogP contribution in [0.2, 0.25) is 0 Å². The van der Waals surface area contributed by atoms with E-state index in [0.717, 1.165) is 11.3 Å². The number of hydrogen-bond donors (Lipinski definition) is 2. The first-order valence-electron chi connectivity index (χ1n) is 9.08. The van der Waals surface area contributed by atoms with Gasteiger partial charge >= 0.3 is 6.03 Å². The third-order valence-corrected chi connectivity index (χ3v) is 4.92. The van der Waals surface area contributed by atoms with E-state index in [2.05, 4.69) is 10.6 Å². The number of carbonyl (C=O) groups excluding carboxylic acids is 2. The van der Waals surface area contributed by atoms with Crippen LogP contribution in [-0.4, -0.2) is 38.7 Å². The molecule has 0 aromatic heterocycles. The third-order valence-electron chi connectivity index (χ3n) is 4.92. The van der Waals surface area contributed by atoms with E-state index in [1.807, 2.05) is 32.0 Å². The van der Waals surface area contributed by atoms with Crippen LogP contribution in [0.25, 0.3) is 0 Å². The average molecular weight is 383 g/mol. The van der Waals surface area contributed by atoms with Gasteiger partial charge in [-0.15, -0.1) is 0 Å². The van der Waals surface area contributed by atoms with Crippen molar-refractivity contribution >= 4 is 23.3 Å². The van der Waals surface area contributed by atoms with Crippen molar-refractivity contribution in [3.63, 3.8) is 0 Å². The summed E-state index contributed by atoms with van der Waals surface area (Å²) >= 11 is 0. The summed E-state index contributed by atoms with van der Waals surface area (Å²) in [6, 6.07) is 10.4. The number of carbonyl (C=O) groups is 2. The molecule has 0 radical (unpaired) electrons. The van der Waals surface area contributed by atoms with Crippen LogP contribution in [-0.2, 0) is 4.79 Å². The van der Waals surface area contributed by atoms with Gasteiger partial charge in [0.1, 0.15) is 11.5 Å². The van der Waals surface area contributed by atoms with Gasteiger partial charge in [-0.25, -0.2) is 4.79 Å². The van der Waals surface area contributed by atoms with Crippen molar-refractivity contribution in [1.82, 2.24) is 5.32 Å². The van der Waals surface area contributed by atoms with Crippen molar-refractivity contribution in [1.29, 1.82) is 0 Å². The molecule has 0 unspecified atom stereocenters. The highest BCUT2D eigenvalue weighted by Gasteiger charge is 2.31. The highest BCUT2D eigenvalue weighted by Crippen LogP contribution is 2.29. The first-order chi connectivity index (χ1) is 13.4. The molecule has 1 heterocycles. The van der Waals surface area contributed by atoms with Gasteiger partial charge in [0.05, 0.1) is 25.9 Å². The van der Waals surface area contributed by atoms with Gasteiger partial charge in [0.15, 0.2) is 0 Å². The number of urea groups is 1. The largest absolute Gasteiger partial charge is 0.497 e. The standard InChI is InChI=1S/C21H25N3O4/c1-13-5-6-16(9-14(13)2)24-12-15(10-20(24)25)22-21(26)23-18-8-7-17(27-3)11-19(18)28-4/h5-9,11,15H,10,12H2,1-4H3,(H2,22,23,26)/t15-/m0/s1. The minimum atomic E-state index is -0.386. The van der Waals surface area contributed by atoms with Crippen LogP contribution in [0.3, 0.4) is 0 Å². The van der Waals surface area contributed by atoms with E-state index < -0.39 is 0 Å². The Kier molecular flexibility index (Phi) is 5.73. The Labute approximate surface area is 164 Å². The van der Waals surface area contributed by atoms with E-state index in [1.165, 1.54) is 12.7 Å². The smallest absolute Gasteiger partial charge is 0.319 e. The summed E-state index contributed by atoms with van der Waals surface area (Å²) < 4.78 is 10.4. The van der Waals surface area contributed by atoms with E-state index in [4.69, 9.17) is 9.47 Å². The Morgan fingerprint density at radius 3 is 2.54 bits per heavy atom. The van der Waals surface area contributed by atoms with Crippen LogP contribution in [0.1, 0.15) is 17.5 Å². The second kappa shape index (κ2) is 8.21.